The maximum Gasteiger partial charge on any atom is 0.140 e. The second-order valence-corrected chi connectivity index (χ2v) is 6.24. The number of anilines is 1. The summed E-state index contributed by atoms with van der Waals surface area (Å²) in [6.45, 7) is 5.55. The third-order valence-corrected chi connectivity index (χ3v) is 4.52. The Morgan fingerprint density at radius 3 is 3.22 bits per heavy atom. The molecule has 1 saturated heterocycles. The average molecular weight is 262 g/mol. The number of hydrogen-bond acceptors (Lipinski definition) is 5. The molecule has 1 atom stereocenters. The molecule has 1 unspecified atom stereocenters. The zero-order valence-corrected chi connectivity index (χ0v) is 11.6. The van der Waals surface area contributed by atoms with Gasteiger partial charge in [-0.1, -0.05) is 6.92 Å². The second kappa shape index (κ2) is 4.48. The molecule has 5 heteroatoms. The van der Waals surface area contributed by atoms with Gasteiger partial charge in [0.1, 0.15) is 17.0 Å². The van der Waals surface area contributed by atoms with Gasteiger partial charge in [0, 0.05) is 19.6 Å². The van der Waals surface area contributed by atoms with Crippen LogP contribution in [0.2, 0.25) is 0 Å². The molecule has 3 rings (SSSR count). The van der Waals surface area contributed by atoms with Gasteiger partial charge in [-0.25, -0.2) is 9.97 Å². The van der Waals surface area contributed by atoms with E-state index in [1.807, 2.05) is 7.05 Å². The smallest absolute Gasteiger partial charge is 0.140 e. The number of fused-ring (bicyclic) bond motifs is 1. The standard InChI is InChI=1S/C13H18N4S/c1-13(7-14-2)4-5-17(8-13)11-10-3-6-18-12(10)16-9-15-11/h3,6,9,14H,4-5,7-8H2,1-2H3. The Morgan fingerprint density at radius 1 is 1.50 bits per heavy atom. The molecule has 18 heavy (non-hydrogen) atoms. The van der Waals surface area contributed by atoms with Gasteiger partial charge in [-0.15, -0.1) is 11.3 Å². The molecular formula is C13H18N4S. The lowest BCUT2D eigenvalue weighted by atomic mass is 9.90. The van der Waals surface area contributed by atoms with Gasteiger partial charge in [-0.3, -0.25) is 0 Å². The Morgan fingerprint density at radius 2 is 2.39 bits per heavy atom. The summed E-state index contributed by atoms with van der Waals surface area (Å²) in [5.41, 5.74) is 0.349. The van der Waals surface area contributed by atoms with Crippen LogP contribution in [0.5, 0.6) is 0 Å². The first-order valence-electron chi connectivity index (χ1n) is 6.30. The van der Waals surface area contributed by atoms with Crippen molar-refractivity contribution in [2.24, 2.45) is 5.41 Å². The van der Waals surface area contributed by atoms with Gasteiger partial charge < -0.3 is 10.2 Å². The molecule has 1 aliphatic heterocycles. The summed E-state index contributed by atoms with van der Waals surface area (Å²) in [7, 11) is 2.02. The summed E-state index contributed by atoms with van der Waals surface area (Å²) in [5, 5.41) is 6.58. The highest BCUT2D eigenvalue weighted by atomic mass is 32.1. The van der Waals surface area contributed by atoms with Gasteiger partial charge in [0.05, 0.1) is 5.39 Å². The molecule has 3 heterocycles. The summed E-state index contributed by atoms with van der Waals surface area (Å²) >= 11 is 1.68. The Labute approximate surface area is 111 Å². The van der Waals surface area contributed by atoms with Crippen molar-refractivity contribution in [3.05, 3.63) is 17.8 Å². The lowest BCUT2D eigenvalue weighted by molar-refractivity contribution is 0.356. The van der Waals surface area contributed by atoms with Crippen molar-refractivity contribution in [2.45, 2.75) is 13.3 Å². The van der Waals surface area contributed by atoms with E-state index in [1.54, 1.807) is 17.7 Å². The van der Waals surface area contributed by atoms with Gasteiger partial charge in [-0.05, 0) is 30.3 Å². The lowest BCUT2D eigenvalue weighted by Crippen LogP contribution is -2.33. The van der Waals surface area contributed by atoms with E-state index >= 15 is 0 Å². The predicted molar refractivity (Wildman–Crippen MR) is 76.3 cm³/mol. The maximum atomic E-state index is 4.49. The first-order chi connectivity index (χ1) is 8.72. The highest BCUT2D eigenvalue weighted by Gasteiger charge is 2.34. The summed E-state index contributed by atoms with van der Waals surface area (Å²) in [6.07, 6.45) is 2.89. The minimum atomic E-state index is 0.349. The van der Waals surface area contributed by atoms with Gasteiger partial charge in [-0.2, -0.15) is 0 Å². The number of thiophene rings is 1. The molecule has 0 bridgehead atoms. The SMILES string of the molecule is CNCC1(C)CCN(c2ncnc3sccc23)C1. The Bertz CT molecular complexity index is 553. The van der Waals surface area contributed by atoms with Gasteiger partial charge >= 0.3 is 0 Å². The molecule has 1 fully saturated rings. The molecule has 0 amide bonds. The largest absolute Gasteiger partial charge is 0.355 e. The highest BCUT2D eigenvalue weighted by molar-refractivity contribution is 7.16. The van der Waals surface area contributed by atoms with Crippen molar-refractivity contribution >= 4 is 27.4 Å². The van der Waals surface area contributed by atoms with E-state index in [1.165, 1.54) is 11.8 Å². The Hall–Kier alpha value is -1.20. The fourth-order valence-corrected chi connectivity index (χ4v) is 3.53. The molecule has 0 spiro atoms. The molecule has 0 aliphatic carbocycles. The molecule has 0 radical (unpaired) electrons. The molecule has 0 saturated carbocycles. The lowest BCUT2D eigenvalue weighted by Gasteiger charge is -2.24. The summed E-state index contributed by atoms with van der Waals surface area (Å²) in [5.74, 6) is 1.10. The molecule has 1 aliphatic rings. The molecule has 2 aromatic rings. The summed E-state index contributed by atoms with van der Waals surface area (Å²) in [6, 6.07) is 2.13. The topological polar surface area (TPSA) is 41.0 Å². The quantitative estimate of drug-likeness (QED) is 0.920. The van der Waals surface area contributed by atoms with Crippen LogP contribution in [0.15, 0.2) is 17.8 Å². The molecule has 0 aromatic carbocycles. The van der Waals surface area contributed by atoms with Crippen LogP contribution in [0, 0.1) is 5.41 Å². The van der Waals surface area contributed by atoms with E-state index in [0.717, 1.165) is 30.3 Å². The number of nitrogens with one attached hydrogen (secondary N) is 1. The van der Waals surface area contributed by atoms with Crippen molar-refractivity contribution < 1.29 is 0 Å². The molecule has 96 valence electrons. The van der Waals surface area contributed by atoms with Crippen LogP contribution in [0.25, 0.3) is 10.2 Å². The van der Waals surface area contributed by atoms with E-state index in [9.17, 15) is 0 Å². The summed E-state index contributed by atoms with van der Waals surface area (Å²) in [4.78, 5) is 12.3. The van der Waals surface area contributed by atoms with Crippen LogP contribution >= 0.6 is 11.3 Å². The van der Waals surface area contributed by atoms with E-state index in [0.29, 0.717) is 5.41 Å². The van der Waals surface area contributed by atoms with Gasteiger partial charge in [0.15, 0.2) is 0 Å². The zero-order chi connectivity index (χ0) is 12.6. The third-order valence-electron chi connectivity index (χ3n) is 3.70. The van der Waals surface area contributed by atoms with Crippen molar-refractivity contribution in [1.82, 2.24) is 15.3 Å². The minimum Gasteiger partial charge on any atom is -0.355 e. The number of nitrogens with zero attached hydrogens (tertiary/aromatic N) is 3. The fraction of sp³-hybridized carbons (Fsp3) is 0.538. The van der Waals surface area contributed by atoms with Crippen LogP contribution in [0.4, 0.5) is 5.82 Å². The molecule has 2 aromatic heterocycles. The van der Waals surface area contributed by atoms with Crippen LogP contribution in [-0.4, -0.2) is 36.6 Å². The van der Waals surface area contributed by atoms with Crippen molar-refractivity contribution in [2.75, 3.05) is 31.6 Å². The van der Waals surface area contributed by atoms with Crippen LogP contribution in [0.1, 0.15) is 13.3 Å². The normalized spacial score (nSPS) is 24.0. The van der Waals surface area contributed by atoms with Crippen molar-refractivity contribution in [3.63, 3.8) is 0 Å². The number of aromatic nitrogens is 2. The monoisotopic (exact) mass is 262 g/mol. The Balaban J connectivity index is 1.90. The van der Waals surface area contributed by atoms with Crippen LogP contribution in [-0.2, 0) is 0 Å². The van der Waals surface area contributed by atoms with E-state index in [2.05, 4.69) is 38.6 Å². The van der Waals surface area contributed by atoms with Crippen molar-refractivity contribution in [3.8, 4) is 0 Å². The molecule has 4 nitrogen and oxygen atoms in total. The third kappa shape index (κ3) is 1.97. The van der Waals surface area contributed by atoms with E-state index in [-0.39, 0.29) is 0 Å². The second-order valence-electron chi connectivity index (χ2n) is 5.35. The van der Waals surface area contributed by atoms with Crippen LogP contribution in [0.3, 0.4) is 0 Å². The Kier molecular flexibility index (Phi) is 2.95. The average Bonchev–Trinajstić information content (AvgIpc) is 2.95. The van der Waals surface area contributed by atoms with Crippen LogP contribution < -0.4 is 10.2 Å². The fourth-order valence-electron chi connectivity index (χ4n) is 2.80. The number of hydrogen-bond donors (Lipinski definition) is 1. The van der Waals surface area contributed by atoms with Crippen molar-refractivity contribution in [1.29, 1.82) is 0 Å². The van der Waals surface area contributed by atoms with E-state index in [4.69, 9.17) is 0 Å². The summed E-state index contributed by atoms with van der Waals surface area (Å²) < 4.78 is 0. The van der Waals surface area contributed by atoms with Gasteiger partial charge in [0.2, 0.25) is 0 Å². The predicted octanol–water partition coefficient (Wildman–Crippen LogP) is 2.13. The molecule has 1 N–H and O–H groups in total. The molecular weight excluding hydrogens is 244 g/mol. The van der Waals surface area contributed by atoms with Gasteiger partial charge in [0.25, 0.3) is 0 Å². The zero-order valence-electron chi connectivity index (χ0n) is 10.8. The highest BCUT2D eigenvalue weighted by Crippen LogP contribution is 2.35. The first kappa shape index (κ1) is 11.9. The maximum absolute atomic E-state index is 4.49. The first-order valence-corrected chi connectivity index (χ1v) is 7.18. The van der Waals surface area contributed by atoms with E-state index < -0.39 is 0 Å². The number of rotatable bonds is 3. The minimum absolute atomic E-state index is 0.349.